The van der Waals surface area contributed by atoms with E-state index in [4.69, 9.17) is 9.47 Å². The number of hydrogen-bond acceptors (Lipinski definition) is 4. The van der Waals surface area contributed by atoms with Gasteiger partial charge in [-0.25, -0.2) is 0 Å². The van der Waals surface area contributed by atoms with E-state index in [0.717, 1.165) is 5.56 Å². The summed E-state index contributed by atoms with van der Waals surface area (Å²) in [4.78, 5) is 0. The maximum Gasteiger partial charge on any atom is 0.183 e. The molecule has 88 valence electrons. The molecule has 0 bridgehead atoms. The summed E-state index contributed by atoms with van der Waals surface area (Å²) in [6, 6.07) is 9.69. The van der Waals surface area contributed by atoms with E-state index >= 15 is 0 Å². The van der Waals surface area contributed by atoms with Gasteiger partial charge in [0.15, 0.2) is 6.29 Å². The monoisotopic (exact) mass is 224 g/mol. The first-order valence-electron chi connectivity index (χ1n) is 5.35. The third-order valence-electron chi connectivity index (χ3n) is 2.73. The molecule has 0 saturated carbocycles. The summed E-state index contributed by atoms with van der Waals surface area (Å²) in [6.07, 6.45) is -2.89. The lowest BCUT2D eigenvalue weighted by molar-refractivity contribution is -0.124. The van der Waals surface area contributed by atoms with Gasteiger partial charge in [-0.05, 0) is 12.5 Å². The molecule has 2 rings (SSSR count). The average molecular weight is 224 g/mol. The highest BCUT2D eigenvalue weighted by atomic mass is 16.7. The molecule has 0 radical (unpaired) electrons. The zero-order chi connectivity index (χ0) is 11.5. The van der Waals surface area contributed by atoms with Crippen molar-refractivity contribution < 1.29 is 19.7 Å². The summed E-state index contributed by atoms with van der Waals surface area (Å²) in [5, 5.41) is 18.9. The molecule has 4 atom stereocenters. The predicted octanol–water partition coefficient (Wildman–Crippen LogP) is 0.670. The molecule has 0 amide bonds. The molecule has 4 heteroatoms. The van der Waals surface area contributed by atoms with Crippen LogP contribution in [0, 0.1) is 0 Å². The number of hydrogen-bond donors (Lipinski definition) is 2. The van der Waals surface area contributed by atoms with Crippen molar-refractivity contribution in [2.45, 2.75) is 38.1 Å². The fourth-order valence-corrected chi connectivity index (χ4v) is 1.82. The van der Waals surface area contributed by atoms with Gasteiger partial charge < -0.3 is 19.7 Å². The first-order chi connectivity index (χ1) is 7.68. The fraction of sp³-hybridized carbons (Fsp3) is 0.500. The molecular formula is C12H16O4. The highest BCUT2D eigenvalue weighted by Gasteiger charge is 2.41. The molecule has 1 aromatic rings. The summed E-state index contributed by atoms with van der Waals surface area (Å²) in [6.45, 7) is 2.18. The Balaban J connectivity index is 1.91. The highest BCUT2D eigenvalue weighted by Crippen LogP contribution is 2.23. The van der Waals surface area contributed by atoms with Crippen LogP contribution in [0.3, 0.4) is 0 Å². The number of benzene rings is 1. The van der Waals surface area contributed by atoms with E-state index in [1.165, 1.54) is 0 Å². The molecule has 1 aliphatic heterocycles. The molecule has 2 N–H and O–H groups in total. The number of aliphatic hydroxyl groups excluding tert-OH is 2. The maximum absolute atomic E-state index is 9.61. The number of aliphatic hydroxyl groups is 2. The lowest BCUT2D eigenvalue weighted by Gasteiger charge is -2.17. The third-order valence-corrected chi connectivity index (χ3v) is 2.73. The summed E-state index contributed by atoms with van der Waals surface area (Å²) in [5.41, 5.74) is 1.03. The van der Waals surface area contributed by atoms with Crippen LogP contribution in [0.5, 0.6) is 0 Å². The molecule has 1 aromatic carbocycles. The van der Waals surface area contributed by atoms with Crippen LogP contribution in [0.25, 0.3) is 0 Å². The van der Waals surface area contributed by atoms with Gasteiger partial charge in [-0.2, -0.15) is 0 Å². The molecule has 1 heterocycles. The van der Waals surface area contributed by atoms with Crippen molar-refractivity contribution in [2.24, 2.45) is 0 Å². The van der Waals surface area contributed by atoms with Crippen molar-refractivity contribution in [1.29, 1.82) is 0 Å². The van der Waals surface area contributed by atoms with E-state index in [0.29, 0.717) is 6.61 Å². The Morgan fingerprint density at radius 1 is 1.25 bits per heavy atom. The Hall–Kier alpha value is -0.940. The smallest absolute Gasteiger partial charge is 0.183 e. The zero-order valence-corrected chi connectivity index (χ0v) is 9.11. The first kappa shape index (κ1) is 11.5. The quantitative estimate of drug-likeness (QED) is 0.792. The van der Waals surface area contributed by atoms with Crippen LogP contribution in [0.15, 0.2) is 30.3 Å². The second kappa shape index (κ2) is 4.93. The molecular weight excluding hydrogens is 208 g/mol. The van der Waals surface area contributed by atoms with Crippen LogP contribution >= 0.6 is 0 Å². The predicted molar refractivity (Wildman–Crippen MR) is 57.6 cm³/mol. The van der Waals surface area contributed by atoms with Crippen molar-refractivity contribution >= 4 is 0 Å². The molecule has 1 fully saturated rings. The maximum atomic E-state index is 9.61. The van der Waals surface area contributed by atoms with Crippen molar-refractivity contribution in [1.82, 2.24) is 0 Å². The van der Waals surface area contributed by atoms with Crippen LogP contribution in [0.1, 0.15) is 12.5 Å². The fourth-order valence-electron chi connectivity index (χ4n) is 1.82. The summed E-state index contributed by atoms with van der Waals surface area (Å²) in [5.74, 6) is 0. The van der Waals surface area contributed by atoms with Crippen molar-refractivity contribution in [2.75, 3.05) is 0 Å². The van der Waals surface area contributed by atoms with Crippen LogP contribution in [-0.2, 0) is 16.1 Å². The number of ether oxygens (including phenoxy) is 2. The van der Waals surface area contributed by atoms with Gasteiger partial charge in [0.1, 0.15) is 12.2 Å². The van der Waals surface area contributed by atoms with E-state index in [-0.39, 0.29) is 6.10 Å². The largest absolute Gasteiger partial charge is 0.385 e. The summed E-state index contributed by atoms with van der Waals surface area (Å²) >= 11 is 0. The SMILES string of the molecule is C[C@H]1OC(O)[C@H](O)[C@H]1OCc1ccccc1. The second-order valence-corrected chi connectivity index (χ2v) is 3.98. The highest BCUT2D eigenvalue weighted by molar-refractivity contribution is 5.13. The van der Waals surface area contributed by atoms with Gasteiger partial charge in [-0.1, -0.05) is 30.3 Å². The van der Waals surface area contributed by atoms with Gasteiger partial charge in [0.25, 0.3) is 0 Å². The topological polar surface area (TPSA) is 58.9 Å². The molecule has 0 aliphatic carbocycles. The van der Waals surface area contributed by atoms with Gasteiger partial charge in [-0.15, -0.1) is 0 Å². The van der Waals surface area contributed by atoms with E-state index < -0.39 is 18.5 Å². The van der Waals surface area contributed by atoms with Gasteiger partial charge in [0.2, 0.25) is 0 Å². The molecule has 1 unspecified atom stereocenters. The van der Waals surface area contributed by atoms with Crippen LogP contribution in [-0.4, -0.2) is 34.8 Å². The molecule has 4 nitrogen and oxygen atoms in total. The lowest BCUT2D eigenvalue weighted by atomic mass is 10.1. The van der Waals surface area contributed by atoms with Crippen molar-refractivity contribution in [3.63, 3.8) is 0 Å². The van der Waals surface area contributed by atoms with E-state index in [2.05, 4.69) is 0 Å². The average Bonchev–Trinajstić information content (AvgIpc) is 2.53. The van der Waals surface area contributed by atoms with Gasteiger partial charge in [0, 0.05) is 0 Å². The zero-order valence-electron chi connectivity index (χ0n) is 9.11. The molecule has 1 aliphatic rings. The third kappa shape index (κ3) is 2.41. The van der Waals surface area contributed by atoms with Gasteiger partial charge in [-0.3, -0.25) is 0 Å². The minimum Gasteiger partial charge on any atom is -0.385 e. The standard InChI is InChI=1S/C12H16O4/c1-8-11(10(13)12(14)16-8)15-7-9-5-3-2-4-6-9/h2-6,8,10-14H,7H2,1H3/t8-,10-,11+,12?/m1/s1. The van der Waals surface area contributed by atoms with Crippen LogP contribution < -0.4 is 0 Å². The second-order valence-electron chi connectivity index (χ2n) is 3.98. The summed E-state index contributed by atoms with van der Waals surface area (Å²) < 4.78 is 10.6. The Kier molecular flexibility index (Phi) is 3.56. The lowest BCUT2D eigenvalue weighted by Crippen LogP contribution is -2.34. The molecule has 1 saturated heterocycles. The van der Waals surface area contributed by atoms with Crippen molar-refractivity contribution in [3.05, 3.63) is 35.9 Å². The van der Waals surface area contributed by atoms with Crippen molar-refractivity contribution in [3.8, 4) is 0 Å². The Morgan fingerprint density at radius 2 is 1.94 bits per heavy atom. The van der Waals surface area contributed by atoms with E-state index in [9.17, 15) is 10.2 Å². The van der Waals surface area contributed by atoms with E-state index in [1.54, 1.807) is 6.92 Å². The van der Waals surface area contributed by atoms with Crippen LogP contribution in [0.2, 0.25) is 0 Å². The Bertz CT molecular complexity index is 327. The van der Waals surface area contributed by atoms with Crippen LogP contribution in [0.4, 0.5) is 0 Å². The summed E-state index contributed by atoms with van der Waals surface area (Å²) in [7, 11) is 0. The molecule has 0 spiro atoms. The minimum atomic E-state index is -1.14. The Morgan fingerprint density at radius 3 is 2.50 bits per heavy atom. The van der Waals surface area contributed by atoms with Gasteiger partial charge in [0.05, 0.1) is 12.7 Å². The number of rotatable bonds is 3. The van der Waals surface area contributed by atoms with Gasteiger partial charge >= 0.3 is 0 Å². The normalized spacial score (nSPS) is 34.2. The Labute approximate surface area is 94.4 Å². The van der Waals surface area contributed by atoms with E-state index in [1.807, 2.05) is 30.3 Å². The minimum absolute atomic E-state index is 0.297. The molecule has 0 aromatic heterocycles. The molecule has 16 heavy (non-hydrogen) atoms. The first-order valence-corrected chi connectivity index (χ1v) is 5.35.